The molecule has 0 aliphatic carbocycles. The molecule has 5 unspecified atom stereocenters. The molecule has 15 heteroatoms. The van der Waals surface area contributed by atoms with Gasteiger partial charge in [-0.15, -0.1) is 0 Å². The van der Waals surface area contributed by atoms with E-state index in [1.54, 1.807) is 13.8 Å². The Labute approximate surface area is 212 Å². The smallest absolute Gasteiger partial charge is 0.326 e. The Hall–Kier alpha value is -4.27. The lowest BCUT2D eigenvalue weighted by molar-refractivity contribution is -0.143. The molecule has 2 aromatic heterocycles. The zero-order valence-electron chi connectivity index (χ0n) is 20.6. The number of aromatic amines is 2. The van der Waals surface area contributed by atoms with Crippen LogP contribution in [0.4, 0.5) is 0 Å². The highest BCUT2D eigenvalue weighted by atomic mass is 16.4. The fraction of sp³-hybridized carbons (Fsp3) is 0.500. The van der Waals surface area contributed by atoms with Crippen molar-refractivity contribution in [2.75, 3.05) is 0 Å². The standard InChI is InChI=1S/C22H33N9O6/c1-3-11(2)18(22(36)37)31-21(35)16(5-13-8-26-10-28-13)30-20(34)15(4-12-7-25-9-27-12)29-19(33)14(23)6-17(24)32/h7-11,14-16,18H,3-6,23H2,1-2H3,(H2,24,32)(H,25,27)(H,26,28)(H,29,33)(H,30,34)(H,31,35)(H,36,37). The molecule has 2 heterocycles. The highest BCUT2D eigenvalue weighted by Gasteiger charge is 2.32. The Kier molecular flexibility index (Phi) is 10.7. The van der Waals surface area contributed by atoms with E-state index in [0.29, 0.717) is 17.8 Å². The van der Waals surface area contributed by atoms with E-state index in [0.717, 1.165) is 0 Å². The maximum atomic E-state index is 13.3. The third kappa shape index (κ3) is 9.03. The van der Waals surface area contributed by atoms with E-state index in [4.69, 9.17) is 11.5 Å². The van der Waals surface area contributed by atoms with Crippen molar-refractivity contribution in [3.8, 4) is 0 Å². The average Bonchev–Trinajstić information content (AvgIpc) is 3.54. The maximum absolute atomic E-state index is 13.3. The van der Waals surface area contributed by atoms with Gasteiger partial charge in [0.05, 0.1) is 25.1 Å². The van der Waals surface area contributed by atoms with Crippen LogP contribution in [0.5, 0.6) is 0 Å². The molecule has 0 aromatic carbocycles. The van der Waals surface area contributed by atoms with Gasteiger partial charge in [-0.2, -0.15) is 0 Å². The predicted molar refractivity (Wildman–Crippen MR) is 129 cm³/mol. The molecule has 0 aliphatic heterocycles. The number of imidazole rings is 2. The zero-order chi connectivity index (χ0) is 27.5. The number of nitrogens with two attached hydrogens (primary N) is 2. The first-order chi connectivity index (χ1) is 17.5. The number of nitrogens with one attached hydrogen (secondary N) is 5. The molecule has 4 amide bonds. The summed E-state index contributed by atoms with van der Waals surface area (Å²) >= 11 is 0. The van der Waals surface area contributed by atoms with Gasteiger partial charge in [-0.05, 0) is 5.92 Å². The quantitative estimate of drug-likeness (QED) is 0.126. The predicted octanol–water partition coefficient (Wildman–Crippen LogP) is -2.29. The number of carboxylic acids is 1. The van der Waals surface area contributed by atoms with Crippen molar-refractivity contribution in [1.29, 1.82) is 0 Å². The van der Waals surface area contributed by atoms with Crippen LogP contribution >= 0.6 is 0 Å². The van der Waals surface area contributed by atoms with Crippen molar-refractivity contribution < 1.29 is 29.1 Å². The molecule has 202 valence electrons. The highest BCUT2D eigenvalue weighted by Crippen LogP contribution is 2.10. The summed E-state index contributed by atoms with van der Waals surface area (Å²) in [7, 11) is 0. The van der Waals surface area contributed by atoms with Crippen LogP contribution in [0, 0.1) is 5.92 Å². The fourth-order valence-electron chi connectivity index (χ4n) is 3.45. The maximum Gasteiger partial charge on any atom is 0.326 e. The average molecular weight is 520 g/mol. The second kappa shape index (κ2) is 13.7. The highest BCUT2D eigenvalue weighted by molar-refractivity contribution is 5.95. The van der Waals surface area contributed by atoms with Crippen LogP contribution in [0.15, 0.2) is 25.0 Å². The Bertz CT molecular complexity index is 1060. The van der Waals surface area contributed by atoms with E-state index in [2.05, 4.69) is 35.9 Å². The molecule has 0 fully saturated rings. The van der Waals surface area contributed by atoms with Crippen LogP contribution < -0.4 is 27.4 Å². The van der Waals surface area contributed by atoms with Crippen LogP contribution in [-0.2, 0) is 36.8 Å². The molecule has 0 aliphatic rings. The van der Waals surface area contributed by atoms with Gasteiger partial charge in [-0.3, -0.25) is 19.2 Å². The summed E-state index contributed by atoms with van der Waals surface area (Å²) in [5, 5.41) is 17.1. The molecular weight excluding hydrogens is 486 g/mol. The summed E-state index contributed by atoms with van der Waals surface area (Å²) in [5.41, 5.74) is 11.8. The third-order valence-electron chi connectivity index (χ3n) is 5.76. The first-order valence-corrected chi connectivity index (χ1v) is 11.6. The molecule has 0 saturated heterocycles. The van der Waals surface area contributed by atoms with Crippen LogP contribution in [0.25, 0.3) is 0 Å². The molecule has 5 atom stereocenters. The van der Waals surface area contributed by atoms with Crippen molar-refractivity contribution in [2.45, 2.75) is 63.7 Å². The molecular formula is C22H33N9O6. The zero-order valence-corrected chi connectivity index (χ0v) is 20.6. The van der Waals surface area contributed by atoms with E-state index in [1.165, 1.54) is 25.0 Å². The number of carboxylic acid groups (broad SMARTS) is 1. The van der Waals surface area contributed by atoms with E-state index >= 15 is 0 Å². The van der Waals surface area contributed by atoms with Crippen LogP contribution in [0.1, 0.15) is 38.1 Å². The number of nitrogens with zero attached hydrogens (tertiary/aromatic N) is 2. The summed E-state index contributed by atoms with van der Waals surface area (Å²) in [5.74, 6) is -4.64. The van der Waals surface area contributed by atoms with Crippen molar-refractivity contribution in [1.82, 2.24) is 35.9 Å². The number of primary amides is 1. The SMILES string of the molecule is CCC(C)C(NC(=O)C(Cc1cnc[nH]1)NC(=O)C(Cc1cnc[nH]1)NC(=O)C(N)CC(N)=O)C(=O)O. The normalized spacial score (nSPS) is 15.0. The Balaban J connectivity index is 2.25. The molecule has 0 bridgehead atoms. The minimum absolute atomic E-state index is 0.0314. The van der Waals surface area contributed by atoms with Gasteiger partial charge in [0.15, 0.2) is 0 Å². The molecule has 15 nitrogen and oxygen atoms in total. The number of rotatable bonds is 15. The molecule has 2 rings (SSSR count). The van der Waals surface area contributed by atoms with Crippen LogP contribution in [0.2, 0.25) is 0 Å². The number of aromatic nitrogens is 4. The largest absolute Gasteiger partial charge is 0.480 e. The van der Waals surface area contributed by atoms with Crippen molar-refractivity contribution in [3.05, 3.63) is 36.4 Å². The van der Waals surface area contributed by atoms with Crippen molar-refractivity contribution in [3.63, 3.8) is 0 Å². The Morgan fingerprint density at radius 1 is 0.919 bits per heavy atom. The van der Waals surface area contributed by atoms with Gasteiger partial charge >= 0.3 is 5.97 Å². The van der Waals surface area contributed by atoms with Crippen LogP contribution in [0.3, 0.4) is 0 Å². The summed E-state index contributed by atoms with van der Waals surface area (Å²) in [6.45, 7) is 3.48. The number of H-pyrrole nitrogens is 2. The molecule has 2 aromatic rings. The number of aliphatic carboxylic acids is 1. The van der Waals surface area contributed by atoms with Gasteiger partial charge in [-0.1, -0.05) is 20.3 Å². The van der Waals surface area contributed by atoms with Gasteiger partial charge in [0, 0.05) is 36.6 Å². The number of hydrogen-bond acceptors (Lipinski definition) is 8. The number of amides is 4. The molecule has 10 N–H and O–H groups in total. The minimum Gasteiger partial charge on any atom is -0.480 e. The summed E-state index contributed by atoms with van der Waals surface area (Å²) in [6.07, 6.45) is 5.70. The first kappa shape index (κ1) is 29.0. The number of carbonyl (C=O) groups is 5. The van der Waals surface area contributed by atoms with Gasteiger partial charge < -0.3 is 42.5 Å². The van der Waals surface area contributed by atoms with E-state index in [-0.39, 0.29) is 18.8 Å². The fourth-order valence-corrected chi connectivity index (χ4v) is 3.45. The number of hydrogen-bond donors (Lipinski definition) is 8. The lowest BCUT2D eigenvalue weighted by Gasteiger charge is -2.26. The van der Waals surface area contributed by atoms with E-state index in [9.17, 15) is 29.1 Å². The summed E-state index contributed by atoms with van der Waals surface area (Å²) < 4.78 is 0. The third-order valence-corrected chi connectivity index (χ3v) is 5.76. The second-order valence-corrected chi connectivity index (χ2v) is 8.67. The molecule has 0 spiro atoms. The molecule has 37 heavy (non-hydrogen) atoms. The van der Waals surface area contributed by atoms with Crippen molar-refractivity contribution >= 4 is 29.6 Å². The molecule has 0 saturated carbocycles. The Morgan fingerprint density at radius 3 is 1.81 bits per heavy atom. The van der Waals surface area contributed by atoms with E-state index in [1.807, 2.05) is 0 Å². The second-order valence-electron chi connectivity index (χ2n) is 8.67. The molecule has 0 radical (unpaired) electrons. The van der Waals surface area contributed by atoms with Gasteiger partial charge in [0.25, 0.3) is 0 Å². The van der Waals surface area contributed by atoms with Crippen LogP contribution in [-0.4, -0.2) is 78.8 Å². The lowest BCUT2D eigenvalue weighted by atomic mass is 9.98. The monoisotopic (exact) mass is 519 g/mol. The van der Waals surface area contributed by atoms with Crippen molar-refractivity contribution in [2.24, 2.45) is 17.4 Å². The lowest BCUT2D eigenvalue weighted by Crippen LogP contribution is -2.58. The minimum atomic E-state index is -1.29. The topological polar surface area (TPSA) is 251 Å². The van der Waals surface area contributed by atoms with Gasteiger partial charge in [0.1, 0.15) is 18.1 Å². The van der Waals surface area contributed by atoms with E-state index < -0.39 is 60.2 Å². The first-order valence-electron chi connectivity index (χ1n) is 11.6. The number of carbonyl (C=O) groups excluding carboxylic acids is 4. The van der Waals surface area contributed by atoms with Gasteiger partial charge in [-0.25, -0.2) is 14.8 Å². The van der Waals surface area contributed by atoms with Gasteiger partial charge in [0.2, 0.25) is 23.6 Å². The summed E-state index contributed by atoms with van der Waals surface area (Å²) in [4.78, 5) is 75.2. The Morgan fingerprint density at radius 2 is 1.41 bits per heavy atom. The summed E-state index contributed by atoms with van der Waals surface area (Å²) in [6, 6.07) is -4.88.